The average molecular weight is 498 g/mol. The Bertz CT molecular complexity index is 1010. The summed E-state index contributed by atoms with van der Waals surface area (Å²) in [6.07, 6.45) is -1.09. The fourth-order valence-electron chi connectivity index (χ4n) is 2.76. The summed E-state index contributed by atoms with van der Waals surface area (Å²) in [5, 5.41) is 2.64. The van der Waals surface area contributed by atoms with E-state index in [2.05, 4.69) is 5.32 Å². The van der Waals surface area contributed by atoms with E-state index in [-0.39, 0.29) is 23.4 Å². The second-order valence-electron chi connectivity index (χ2n) is 9.20. The molecule has 1 amide bonds. The largest absolute Gasteiger partial charge is 0.460 e. The fourth-order valence-corrected chi connectivity index (χ4v) is 2.93. The van der Waals surface area contributed by atoms with E-state index in [4.69, 9.17) is 43.6 Å². The van der Waals surface area contributed by atoms with Crippen LogP contribution in [-0.2, 0) is 20.7 Å². The molecule has 1 N–H and O–H groups in total. The van der Waals surface area contributed by atoms with Crippen LogP contribution in [0, 0.1) is 6.92 Å². The molecule has 0 aromatic heterocycles. The number of hydrogen-bond acceptors (Lipinski definition) is 5. The van der Waals surface area contributed by atoms with Crippen LogP contribution in [0.5, 0.6) is 0 Å². The van der Waals surface area contributed by atoms with Crippen LogP contribution in [0.1, 0.15) is 70.1 Å². The monoisotopic (exact) mass is 496 g/mol. The highest BCUT2D eigenvalue weighted by molar-refractivity contribution is 6.18. The smallest absolute Gasteiger partial charge is 0.407 e. The summed E-state index contributed by atoms with van der Waals surface area (Å²) in [6, 6.07) is 3.17. The molecule has 1 atom stereocenters. The van der Waals surface area contributed by atoms with Crippen molar-refractivity contribution in [3.63, 3.8) is 0 Å². The van der Waals surface area contributed by atoms with Gasteiger partial charge in [-0.3, -0.25) is 4.79 Å². The van der Waals surface area contributed by atoms with E-state index in [0.29, 0.717) is 11.1 Å². The lowest BCUT2D eigenvalue weighted by Crippen LogP contribution is -2.42. The predicted octanol–water partition coefficient (Wildman–Crippen LogP) is 5.45. The molecule has 0 aliphatic heterocycles. The van der Waals surface area contributed by atoms with Gasteiger partial charge in [0.2, 0.25) is 0 Å². The van der Waals surface area contributed by atoms with Gasteiger partial charge in [0.1, 0.15) is 11.2 Å². The number of aryl methyl sites for hydroxylation is 1. The van der Waals surface area contributed by atoms with Crippen molar-refractivity contribution in [2.45, 2.75) is 78.6 Å². The summed E-state index contributed by atoms with van der Waals surface area (Å²) >= 11 is 11.3. The number of benzene rings is 1. The summed E-state index contributed by atoms with van der Waals surface area (Å²) < 4.78 is 75.1. The Morgan fingerprint density at radius 2 is 1.62 bits per heavy atom. The van der Waals surface area contributed by atoms with Crippen molar-refractivity contribution in [3.8, 4) is 0 Å². The van der Waals surface area contributed by atoms with E-state index in [0.717, 1.165) is 0 Å². The predicted molar refractivity (Wildman–Crippen MR) is 132 cm³/mol. The highest BCUT2D eigenvalue weighted by Gasteiger charge is 2.25. The average Bonchev–Trinajstić information content (AvgIpc) is 2.65. The second-order valence-corrected chi connectivity index (χ2v) is 9.57. The van der Waals surface area contributed by atoms with Crippen molar-refractivity contribution in [1.82, 2.24) is 5.32 Å². The summed E-state index contributed by atoms with van der Waals surface area (Å²) in [5.41, 5.74) is -0.882. The molecule has 0 aliphatic rings. The van der Waals surface area contributed by atoms with Crippen molar-refractivity contribution in [3.05, 3.63) is 29.3 Å². The summed E-state index contributed by atoms with van der Waals surface area (Å²) in [7, 11) is 0. The van der Waals surface area contributed by atoms with Crippen molar-refractivity contribution in [2.24, 2.45) is 0 Å². The van der Waals surface area contributed by atoms with Crippen LogP contribution in [0.2, 0.25) is 0 Å². The third-order valence-electron chi connectivity index (χ3n) is 3.92. The van der Waals surface area contributed by atoms with Crippen LogP contribution < -0.4 is 10.2 Å². The van der Waals surface area contributed by atoms with Crippen LogP contribution in [0.25, 0.3) is 0 Å². The third kappa shape index (κ3) is 11.3. The zero-order valence-corrected chi connectivity index (χ0v) is 21.1. The maximum absolute atomic E-state index is 12.6. The van der Waals surface area contributed by atoms with Gasteiger partial charge >= 0.3 is 12.1 Å². The minimum Gasteiger partial charge on any atom is -0.460 e. The molecule has 0 spiro atoms. The molecule has 0 unspecified atom stereocenters. The molecular weight excluding hydrogens is 451 g/mol. The van der Waals surface area contributed by atoms with Gasteiger partial charge < -0.3 is 19.7 Å². The number of carbonyl (C=O) groups is 2. The lowest BCUT2D eigenvalue weighted by atomic mass is 9.98. The quantitative estimate of drug-likeness (QED) is 0.344. The van der Waals surface area contributed by atoms with Gasteiger partial charge in [0.05, 0.1) is 11.9 Å². The molecule has 0 saturated carbocycles. The Balaban J connectivity index is 3.62. The first-order valence-corrected chi connectivity index (χ1v) is 10.8. The minimum atomic E-state index is -3.29. The maximum Gasteiger partial charge on any atom is 0.407 e. The van der Waals surface area contributed by atoms with Gasteiger partial charge in [-0.15, -0.1) is 23.2 Å². The Morgan fingerprint density at radius 1 is 1.06 bits per heavy atom. The standard InChI is InChI=1S/C24H38Cl2N2O4/c1-17-8-9-20(28(12-10-25)13-11-26)15-18(17)14-19(16-21(29)31-23(2,3)4)27-22(30)32-24(5,6)7/h8-9,15,19H,10-14,16H2,1-7H3,(H,27,30)/t19-/m0/s1/i10D2,11D2,12D2,13D2. The molecule has 0 radical (unpaired) electrons. The number of nitrogens with one attached hydrogen (secondary N) is 1. The molecule has 0 bridgehead atoms. The first-order chi connectivity index (χ1) is 17.6. The second kappa shape index (κ2) is 12.5. The number of amides is 1. The van der Waals surface area contributed by atoms with Gasteiger partial charge in [-0.05, 0) is 78.1 Å². The van der Waals surface area contributed by atoms with Crippen molar-refractivity contribution >= 4 is 41.0 Å². The fraction of sp³-hybridized carbons (Fsp3) is 0.667. The van der Waals surface area contributed by atoms with Gasteiger partial charge in [-0.2, -0.15) is 0 Å². The van der Waals surface area contributed by atoms with Gasteiger partial charge in [-0.25, -0.2) is 4.79 Å². The molecule has 1 aromatic carbocycles. The number of hydrogen-bond donors (Lipinski definition) is 1. The number of rotatable bonds is 10. The summed E-state index contributed by atoms with van der Waals surface area (Å²) in [6.45, 7) is 5.18. The summed E-state index contributed by atoms with van der Waals surface area (Å²) in [4.78, 5) is 25.4. The molecule has 0 saturated heterocycles. The van der Waals surface area contributed by atoms with E-state index >= 15 is 0 Å². The number of alkyl carbamates (subject to hydrolysis) is 1. The van der Waals surface area contributed by atoms with E-state index in [9.17, 15) is 9.59 Å². The zero-order valence-electron chi connectivity index (χ0n) is 27.6. The molecule has 0 heterocycles. The Morgan fingerprint density at radius 3 is 2.12 bits per heavy atom. The van der Waals surface area contributed by atoms with E-state index < -0.39 is 54.0 Å². The molecule has 6 nitrogen and oxygen atoms in total. The van der Waals surface area contributed by atoms with Crippen molar-refractivity contribution in [1.29, 1.82) is 0 Å². The molecule has 1 rings (SSSR count). The summed E-state index contributed by atoms with van der Waals surface area (Å²) in [5.74, 6) is -6.96. The maximum atomic E-state index is 12.6. The SMILES string of the molecule is [2H]C([2H])(Cl)C([2H])([2H])N(c1ccc(C)c(C[C@@H](CC(=O)OC(C)(C)C)NC(=O)OC(C)(C)C)c1)C([2H])([2H])C([2H])([2H])Cl. The highest BCUT2D eigenvalue weighted by Crippen LogP contribution is 2.22. The number of esters is 1. The molecule has 32 heavy (non-hydrogen) atoms. The number of anilines is 1. The van der Waals surface area contributed by atoms with E-state index in [1.165, 1.54) is 18.2 Å². The number of halogens is 2. The molecule has 8 heteroatoms. The Kier molecular flexibility index (Phi) is 6.97. The lowest BCUT2D eigenvalue weighted by molar-refractivity contribution is -0.155. The van der Waals surface area contributed by atoms with Gasteiger partial charge in [-0.1, -0.05) is 6.07 Å². The van der Waals surface area contributed by atoms with Crippen LogP contribution in [0.3, 0.4) is 0 Å². The van der Waals surface area contributed by atoms with E-state index in [1.807, 2.05) is 0 Å². The first-order valence-electron chi connectivity index (χ1n) is 14.1. The molecule has 1 aromatic rings. The van der Waals surface area contributed by atoms with Crippen LogP contribution in [0.15, 0.2) is 18.2 Å². The number of ether oxygens (including phenoxy) is 2. The van der Waals surface area contributed by atoms with Crippen LogP contribution in [-0.4, -0.2) is 54.0 Å². The van der Waals surface area contributed by atoms with E-state index in [1.54, 1.807) is 48.5 Å². The first kappa shape index (κ1) is 17.8. The molecule has 0 fully saturated rings. The normalized spacial score (nSPS) is 18.3. The third-order valence-corrected chi connectivity index (χ3v) is 4.09. The number of alkyl halides is 2. The van der Waals surface area contributed by atoms with Crippen molar-refractivity contribution < 1.29 is 30.0 Å². The Labute approximate surface area is 214 Å². The molecule has 0 aliphatic carbocycles. The number of carbonyl (C=O) groups excluding carboxylic acids is 2. The lowest BCUT2D eigenvalue weighted by Gasteiger charge is -2.27. The van der Waals surface area contributed by atoms with Gasteiger partial charge in [0.25, 0.3) is 0 Å². The van der Waals surface area contributed by atoms with Crippen LogP contribution in [0.4, 0.5) is 10.5 Å². The van der Waals surface area contributed by atoms with Gasteiger partial charge in [0, 0.05) is 41.9 Å². The zero-order chi connectivity index (χ0) is 31.7. The van der Waals surface area contributed by atoms with Crippen LogP contribution >= 0.6 is 23.2 Å². The molecular formula is C24H38Cl2N2O4. The topological polar surface area (TPSA) is 67.9 Å². The van der Waals surface area contributed by atoms with Crippen molar-refractivity contribution in [2.75, 3.05) is 29.6 Å². The van der Waals surface area contributed by atoms with Gasteiger partial charge in [0.15, 0.2) is 0 Å². The number of nitrogens with zero attached hydrogens (tertiary/aromatic N) is 1. The highest BCUT2D eigenvalue weighted by atomic mass is 35.5. The minimum absolute atomic E-state index is 0.0282. The Hall–Kier alpha value is -1.66. The molecule has 182 valence electrons.